The van der Waals surface area contributed by atoms with Gasteiger partial charge in [0.15, 0.2) is 0 Å². The minimum absolute atomic E-state index is 0.138. The lowest BCUT2D eigenvalue weighted by atomic mass is 9.92. The van der Waals surface area contributed by atoms with Gasteiger partial charge in [-0.2, -0.15) is 0 Å². The Balaban J connectivity index is 1.58. The molecule has 3 rings (SSSR count). The van der Waals surface area contributed by atoms with Crippen molar-refractivity contribution >= 4 is 18.0 Å². The van der Waals surface area contributed by atoms with Crippen molar-refractivity contribution in [1.82, 2.24) is 0 Å². The molecule has 0 fully saturated rings. The van der Waals surface area contributed by atoms with E-state index in [1.807, 2.05) is 61.5 Å². The van der Waals surface area contributed by atoms with Gasteiger partial charge >= 0.3 is 11.9 Å². The van der Waals surface area contributed by atoms with Crippen molar-refractivity contribution in [2.24, 2.45) is 5.92 Å². The summed E-state index contributed by atoms with van der Waals surface area (Å²) >= 11 is 0. The number of unbranched alkanes of at least 4 members (excludes halogenated alkanes) is 3. The molecule has 3 aromatic rings. The number of hydrogen-bond acceptors (Lipinski definition) is 6. The van der Waals surface area contributed by atoms with Gasteiger partial charge in [0, 0.05) is 18.4 Å². The second kappa shape index (κ2) is 18.5. The number of hydrogen-bond donors (Lipinski definition) is 0. The van der Waals surface area contributed by atoms with Gasteiger partial charge in [0.1, 0.15) is 11.5 Å². The first-order chi connectivity index (χ1) is 20.1. The number of rotatable bonds is 19. The van der Waals surface area contributed by atoms with Gasteiger partial charge in [-0.15, -0.1) is 0 Å². The van der Waals surface area contributed by atoms with E-state index in [-0.39, 0.29) is 17.9 Å². The summed E-state index contributed by atoms with van der Waals surface area (Å²) in [7, 11) is 0. The standard InChI is InChI=1S/C35H44O6/c1-3-38-34(36)18-10-7-13-28(27-29-20-23-31(24-21-29)35(37)39-4-2)19-22-30-14-8-9-17-33(30)41-25-11-5-6-15-32-16-12-26-40-32/h8-9,12,14,16-17,19-24,26,28H,3-7,10-11,13,15,18,25,27H2,1-2H3/b22-19+. The number of ether oxygens (including phenoxy) is 3. The molecule has 0 saturated carbocycles. The molecule has 0 aliphatic rings. The Morgan fingerprint density at radius 2 is 1.66 bits per heavy atom. The Kier molecular flexibility index (Phi) is 14.3. The summed E-state index contributed by atoms with van der Waals surface area (Å²) in [6, 6.07) is 19.7. The van der Waals surface area contributed by atoms with Crippen LogP contribution >= 0.6 is 0 Å². The highest BCUT2D eigenvalue weighted by Crippen LogP contribution is 2.24. The first-order valence-electron chi connectivity index (χ1n) is 14.9. The molecule has 0 bridgehead atoms. The van der Waals surface area contributed by atoms with E-state index < -0.39 is 0 Å². The Hall–Kier alpha value is -3.80. The smallest absolute Gasteiger partial charge is 0.338 e. The number of benzene rings is 2. The van der Waals surface area contributed by atoms with Gasteiger partial charge in [0.05, 0.1) is 31.6 Å². The van der Waals surface area contributed by atoms with Crippen molar-refractivity contribution in [3.8, 4) is 5.75 Å². The Morgan fingerprint density at radius 1 is 0.854 bits per heavy atom. The first kappa shape index (κ1) is 31.7. The number of aryl methyl sites for hydroxylation is 1. The number of esters is 2. The second-order valence-electron chi connectivity index (χ2n) is 10.1. The molecule has 1 heterocycles. The lowest BCUT2D eigenvalue weighted by Gasteiger charge is -2.14. The van der Waals surface area contributed by atoms with Gasteiger partial charge in [-0.05, 0) is 94.2 Å². The van der Waals surface area contributed by atoms with Crippen LogP contribution in [0.25, 0.3) is 6.08 Å². The summed E-state index contributed by atoms with van der Waals surface area (Å²) in [6.07, 6.45) is 14.2. The van der Waals surface area contributed by atoms with E-state index in [4.69, 9.17) is 18.6 Å². The normalized spacial score (nSPS) is 11.9. The monoisotopic (exact) mass is 560 g/mol. The van der Waals surface area contributed by atoms with Crippen molar-refractivity contribution in [2.45, 2.75) is 71.6 Å². The maximum Gasteiger partial charge on any atom is 0.338 e. The van der Waals surface area contributed by atoms with Crippen molar-refractivity contribution in [2.75, 3.05) is 19.8 Å². The topological polar surface area (TPSA) is 75.0 Å². The van der Waals surface area contributed by atoms with Gasteiger partial charge < -0.3 is 18.6 Å². The van der Waals surface area contributed by atoms with Crippen LogP contribution < -0.4 is 4.74 Å². The van der Waals surface area contributed by atoms with Gasteiger partial charge in [0.25, 0.3) is 0 Å². The van der Waals surface area contributed by atoms with E-state index in [1.165, 1.54) is 0 Å². The van der Waals surface area contributed by atoms with E-state index in [2.05, 4.69) is 18.2 Å². The number of furan rings is 1. The van der Waals surface area contributed by atoms with Crippen LogP contribution in [0, 0.1) is 5.92 Å². The third-order valence-electron chi connectivity index (χ3n) is 6.85. The highest BCUT2D eigenvalue weighted by atomic mass is 16.5. The summed E-state index contributed by atoms with van der Waals surface area (Å²) in [6.45, 7) is 5.08. The van der Waals surface area contributed by atoms with Crippen molar-refractivity contribution < 1.29 is 28.2 Å². The van der Waals surface area contributed by atoms with Crippen molar-refractivity contribution in [3.05, 3.63) is 95.5 Å². The molecule has 0 spiro atoms. The molecular formula is C35H44O6. The number of allylic oxidation sites excluding steroid dienone is 1. The number of carbonyl (C=O) groups excluding carboxylic acids is 2. The fourth-order valence-electron chi connectivity index (χ4n) is 4.67. The predicted octanol–water partition coefficient (Wildman–Crippen LogP) is 8.24. The van der Waals surface area contributed by atoms with Gasteiger partial charge in [-0.1, -0.05) is 48.9 Å². The highest BCUT2D eigenvalue weighted by molar-refractivity contribution is 5.89. The lowest BCUT2D eigenvalue weighted by molar-refractivity contribution is -0.143. The molecule has 2 aromatic carbocycles. The SMILES string of the molecule is CCOC(=O)CCCCC(/C=C/c1ccccc1OCCCCCc1ccco1)Cc1ccc(C(=O)OCC)cc1. The molecule has 1 aromatic heterocycles. The fraction of sp³-hybridized carbons (Fsp3) is 0.429. The third kappa shape index (κ3) is 12.1. The molecule has 0 aliphatic heterocycles. The maximum atomic E-state index is 12.0. The minimum Gasteiger partial charge on any atom is -0.493 e. The summed E-state index contributed by atoms with van der Waals surface area (Å²) in [4.78, 5) is 23.8. The Bertz CT molecular complexity index is 1180. The molecule has 6 nitrogen and oxygen atoms in total. The maximum absolute atomic E-state index is 12.0. The summed E-state index contributed by atoms with van der Waals surface area (Å²) in [5, 5.41) is 0. The zero-order chi connectivity index (χ0) is 29.1. The molecule has 0 aliphatic carbocycles. The van der Waals surface area contributed by atoms with Crippen LogP contribution in [0.1, 0.15) is 86.0 Å². The summed E-state index contributed by atoms with van der Waals surface area (Å²) in [5.74, 6) is 1.74. The van der Waals surface area contributed by atoms with E-state index in [1.54, 1.807) is 13.2 Å². The van der Waals surface area contributed by atoms with Crippen LogP contribution in [0.15, 0.2) is 77.4 Å². The molecule has 6 heteroatoms. The van der Waals surface area contributed by atoms with E-state index in [9.17, 15) is 9.59 Å². The summed E-state index contributed by atoms with van der Waals surface area (Å²) < 4.78 is 21.7. The average molecular weight is 561 g/mol. The number of para-hydroxylation sites is 1. The largest absolute Gasteiger partial charge is 0.493 e. The zero-order valence-electron chi connectivity index (χ0n) is 24.5. The molecule has 0 radical (unpaired) electrons. The molecule has 1 atom stereocenters. The Morgan fingerprint density at radius 3 is 2.41 bits per heavy atom. The molecule has 0 saturated heterocycles. The van der Waals surface area contributed by atoms with E-state index in [0.717, 1.165) is 74.0 Å². The van der Waals surface area contributed by atoms with E-state index >= 15 is 0 Å². The Labute approximate surface area is 244 Å². The van der Waals surface area contributed by atoms with E-state index in [0.29, 0.717) is 31.8 Å². The van der Waals surface area contributed by atoms with Crippen LogP contribution in [0.4, 0.5) is 0 Å². The number of carbonyl (C=O) groups is 2. The molecule has 0 N–H and O–H groups in total. The van der Waals surface area contributed by atoms with Crippen molar-refractivity contribution in [3.63, 3.8) is 0 Å². The molecule has 0 amide bonds. The van der Waals surface area contributed by atoms with Crippen molar-refractivity contribution in [1.29, 1.82) is 0 Å². The third-order valence-corrected chi connectivity index (χ3v) is 6.85. The average Bonchev–Trinajstić information content (AvgIpc) is 3.50. The first-order valence-corrected chi connectivity index (χ1v) is 14.9. The van der Waals surface area contributed by atoms with Gasteiger partial charge in [-0.3, -0.25) is 4.79 Å². The fourth-order valence-corrected chi connectivity index (χ4v) is 4.67. The summed E-state index contributed by atoms with van der Waals surface area (Å²) in [5.41, 5.74) is 2.76. The highest BCUT2D eigenvalue weighted by Gasteiger charge is 2.11. The zero-order valence-corrected chi connectivity index (χ0v) is 24.5. The predicted molar refractivity (Wildman–Crippen MR) is 162 cm³/mol. The molecular weight excluding hydrogens is 516 g/mol. The van der Waals surface area contributed by atoms with Gasteiger partial charge in [-0.25, -0.2) is 4.79 Å². The molecule has 1 unspecified atom stereocenters. The van der Waals surface area contributed by atoms with Crippen LogP contribution in [0.5, 0.6) is 5.75 Å². The van der Waals surface area contributed by atoms with Crippen LogP contribution in [0.3, 0.4) is 0 Å². The van der Waals surface area contributed by atoms with Gasteiger partial charge in [0.2, 0.25) is 0 Å². The quantitative estimate of drug-likeness (QED) is 0.109. The van der Waals surface area contributed by atoms with Crippen LogP contribution in [-0.2, 0) is 27.1 Å². The molecule has 220 valence electrons. The molecule has 41 heavy (non-hydrogen) atoms. The minimum atomic E-state index is -0.302. The van der Waals surface area contributed by atoms with Crippen LogP contribution in [0.2, 0.25) is 0 Å². The lowest BCUT2D eigenvalue weighted by Crippen LogP contribution is -2.06. The second-order valence-corrected chi connectivity index (χ2v) is 10.1. The van der Waals surface area contributed by atoms with Crippen LogP contribution in [-0.4, -0.2) is 31.8 Å².